The maximum Gasteiger partial charge on any atom is 0.115 e. The average molecular weight is 146 g/mol. The lowest BCUT2D eigenvalue weighted by atomic mass is 10.2. The van der Waals surface area contributed by atoms with Gasteiger partial charge in [-0.2, -0.15) is 0 Å². The number of allylic oxidation sites excluding steroid dienone is 2. The molecule has 10 heavy (non-hydrogen) atoms. The number of aliphatic hydroxyl groups excluding tert-OH is 1. The van der Waals surface area contributed by atoms with Gasteiger partial charge in [-0.3, -0.25) is 0 Å². The van der Waals surface area contributed by atoms with Gasteiger partial charge in [0, 0.05) is 0 Å². The van der Waals surface area contributed by atoms with Gasteiger partial charge in [0.25, 0.3) is 0 Å². The molecule has 60 valence electrons. The van der Waals surface area contributed by atoms with Crippen LogP contribution in [0.4, 0.5) is 4.39 Å². The number of aliphatic hydroxyl groups is 1. The van der Waals surface area contributed by atoms with Crippen molar-refractivity contribution >= 4 is 0 Å². The molecule has 0 aromatic rings. The molecule has 0 aliphatic heterocycles. The minimum absolute atomic E-state index is 0.529. The van der Waals surface area contributed by atoms with Crippen molar-refractivity contribution in [1.29, 1.82) is 0 Å². The third-order valence-electron chi connectivity index (χ3n) is 1.23. The van der Waals surface area contributed by atoms with Crippen molar-refractivity contribution in [2.45, 2.75) is 32.8 Å². The summed E-state index contributed by atoms with van der Waals surface area (Å²) >= 11 is 0. The Morgan fingerprint density at radius 1 is 1.60 bits per heavy atom. The highest BCUT2D eigenvalue weighted by molar-refractivity contribution is 4.92. The molecule has 2 heteroatoms. The zero-order valence-electron chi connectivity index (χ0n) is 6.60. The second-order valence-corrected chi connectivity index (χ2v) is 2.67. The lowest BCUT2D eigenvalue weighted by Gasteiger charge is -2.01. The predicted molar refractivity (Wildman–Crippen MR) is 40.6 cm³/mol. The summed E-state index contributed by atoms with van der Waals surface area (Å²) in [4.78, 5) is 0. The van der Waals surface area contributed by atoms with Gasteiger partial charge in [-0.25, -0.2) is 4.39 Å². The molecule has 0 aliphatic carbocycles. The zero-order valence-corrected chi connectivity index (χ0v) is 6.60. The van der Waals surface area contributed by atoms with E-state index in [0.29, 0.717) is 6.42 Å². The summed E-state index contributed by atoms with van der Waals surface area (Å²) in [5.41, 5.74) is 1.21. The summed E-state index contributed by atoms with van der Waals surface area (Å²) in [6.45, 7) is 3.35. The third-order valence-corrected chi connectivity index (χ3v) is 1.23. The third kappa shape index (κ3) is 5.76. The van der Waals surface area contributed by atoms with Gasteiger partial charge >= 0.3 is 0 Å². The Hall–Kier alpha value is -0.370. The SMILES string of the molecule is CC(C)=CCC[C@@H](O)CF. The highest BCUT2D eigenvalue weighted by atomic mass is 19.1. The van der Waals surface area contributed by atoms with Crippen LogP contribution in [0.1, 0.15) is 26.7 Å². The molecular formula is C8H15FO. The van der Waals surface area contributed by atoms with Crippen LogP contribution in [0.25, 0.3) is 0 Å². The molecule has 1 nitrogen and oxygen atoms in total. The molecule has 0 fully saturated rings. The van der Waals surface area contributed by atoms with Crippen LogP contribution in [0, 0.1) is 0 Å². The van der Waals surface area contributed by atoms with Gasteiger partial charge in [0.15, 0.2) is 0 Å². The maximum absolute atomic E-state index is 11.6. The smallest absolute Gasteiger partial charge is 0.115 e. The Bertz CT molecular complexity index is 106. The molecule has 0 saturated heterocycles. The molecular weight excluding hydrogens is 131 g/mol. The van der Waals surface area contributed by atoms with E-state index in [2.05, 4.69) is 0 Å². The van der Waals surface area contributed by atoms with Crippen molar-refractivity contribution < 1.29 is 9.50 Å². The van der Waals surface area contributed by atoms with Gasteiger partial charge in [-0.1, -0.05) is 11.6 Å². The Balaban J connectivity index is 3.28. The van der Waals surface area contributed by atoms with Crippen molar-refractivity contribution in [3.63, 3.8) is 0 Å². The van der Waals surface area contributed by atoms with Crippen LogP contribution in [0.3, 0.4) is 0 Å². The van der Waals surface area contributed by atoms with E-state index >= 15 is 0 Å². The molecule has 1 N–H and O–H groups in total. The molecule has 0 saturated carbocycles. The second kappa shape index (κ2) is 5.42. The maximum atomic E-state index is 11.6. The van der Waals surface area contributed by atoms with E-state index in [1.807, 2.05) is 19.9 Å². The van der Waals surface area contributed by atoms with Gasteiger partial charge in [-0.15, -0.1) is 0 Å². The molecule has 0 aliphatic rings. The number of hydrogen-bond donors (Lipinski definition) is 1. The molecule has 0 bridgehead atoms. The van der Waals surface area contributed by atoms with Crippen molar-refractivity contribution in [2.75, 3.05) is 6.67 Å². The first kappa shape index (κ1) is 9.63. The van der Waals surface area contributed by atoms with Crippen LogP contribution >= 0.6 is 0 Å². The quantitative estimate of drug-likeness (QED) is 0.602. The molecule has 0 heterocycles. The minimum Gasteiger partial charge on any atom is -0.390 e. The van der Waals surface area contributed by atoms with Crippen molar-refractivity contribution in [1.82, 2.24) is 0 Å². The van der Waals surface area contributed by atoms with Crippen LogP contribution in [0.15, 0.2) is 11.6 Å². The first-order chi connectivity index (χ1) is 4.66. The molecule has 0 radical (unpaired) electrons. The van der Waals surface area contributed by atoms with Crippen molar-refractivity contribution in [3.05, 3.63) is 11.6 Å². The van der Waals surface area contributed by atoms with E-state index < -0.39 is 12.8 Å². The molecule has 0 unspecified atom stereocenters. The number of halogens is 1. The Morgan fingerprint density at radius 3 is 2.60 bits per heavy atom. The molecule has 1 atom stereocenters. The lowest BCUT2D eigenvalue weighted by Crippen LogP contribution is -2.07. The first-order valence-electron chi connectivity index (χ1n) is 3.54. The van der Waals surface area contributed by atoms with E-state index in [1.165, 1.54) is 5.57 Å². The summed E-state index contributed by atoms with van der Waals surface area (Å²) in [5.74, 6) is 0. The average Bonchev–Trinajstić information content (AvgIpc) is 1.87. The van der Waals surface area contributed by atoms with E-state index in [1.54, 1.807) is 0 Å². The van der Waals surface area contributed by atoms with Crippen LogP contribution in [-0.4, -0.2) is 17.9 Å². The number of rotatable bonds is 4. The monoisotopic (exact) mass is 146 g/mol. The Labute approximate surface area is 61.6 Å². The van der Waals surface area contributed by atoms with Crippen LogP contribution < -0.4 is 0 Å². The van der Waals surface area contributed by atoms with Gasteiger partial charge in [-0.05, 0) is 26.7 Å². The van der Waals surface area contributed by atoms with Crippen LogP contribution in [-0.2, 0) is 0 Å². The molecule has 0 aromatic carbocycles. The summed E-state index contributed by atoms with van der Waals surface area (Å²) in [5, 5.41) is 8.77. The predicted octanol–water partition coefficient (Wildman–Crippen LogP) is 2.06. The van der Waals surface area contributed by atoms with Gasteiger partial charge < -0.3 is 5.11 Å². The second-order valence-electron chi connectivity index (χ2n) is 2.67. The number of alkyl halides is 1. The van der Waals surface area contributed by atoms with Gasteiger partial charge in [0.2, 0.25) is 0 Å². The van der Waals surface area contributed by atoms with Crippen molar-refractivity contribution in [2.24, 2.45) is 0 Å². The fraction of sp³-hybridized carbons (Fsp3) is 0.750. The Kier molecular flexibility index (Phi) is 5.22. The molecule has 0 rings (SSSR count). The summed E-state index contributed by atoms with van der Waals surface area (Å²) in [6, 6.07) is 0. The highest BCUT2D eigenvalue weighted by Gasteiger charge is 1.99. The minimum atomic E-state index is -0.768. The fourth-order valence-corrected chi connectivity index (χ4v) is 0.642. The van der Waals surface area contributed by atoms with E-state index in [4.69, 9.17) is 5.11 Å². The first-order valence-corrected chi connectivity index (χ1v) is 3.54. The van der Waals surface area contributed by atoms with Gasteiger partial charge in [0.1, 0.15) is 6.67 Å². The lowest BCUT2D eigenvalue weighted by molar-refractivity contribution is 0.132. The largest absolute Gasteiger partial charge is 0.390 e. The van der Waals surface area contributed by atoms with E-state index in [0.717, 1.165) is 6.42 Å². The summed E-state index contributed by atoms with van der Waals surface area (Å²) in [6.07, 6.45) is 2.53. The topological polar surface area (TPSA) is 20.2 Å². The fourth-order valence-electron chi connectivity index (χ4n) is 0.642. The summed E-state index contributed by atoms with van der Waals surface area (Å²) in [7, 11) is 0. The summed E-state index contributed by atoms with van der Waals surface area (Å²) < 4.78 is 11.6. The Morgan fingerprint density at radius 2 is 2.20 bits per heavy atom. The molecule has 0 amide bonds. The van der Waals surface area contributed by atoms with Crippen LogP contribution in [0.5, 0.6) is 0 Å². The van der Waals surface area contributed by atoms with Crippen molar-refractivity contribution in [3.8, 4) is 0 Å². The van der Waals surface area contributed by atoms with E-state index in [-0.39, 0.29) is 0 Å². The zero-order chi connectivity index (χ0) is 7.98. The standard InChI is InChI=1S/C8H15FO/c1-7(2)4-3-5-8(10)6-9/h4,8,10H,3,5-6H2,1-2H3/t8-/m1/s1. The highest BCUT2D eigenvalue weighted by Crippen LogP contribution is 2.01. The van der Waals surface area contributed by atoms with Crippen LogP contribution in [0.2, 0.25) is 0 Å². The normalized spacial score (nSPS) is 12.8. The van der Waals surface area contributed by atoms with E-state index in [9.17, 15) is 4.39 Å². The number of hydrogen-bond acceptors (Lipinski definition) is 1. The van der Waals surface area contributed by atoms with Gasteiger partial charge in [0.05, 0.1) is 6.10 Å². The molecule has 0 aromatic heterocycles. The molecule has 0 spiro atoms.